The van der Waals surface area contributed by atoms with E-state index in [1.54, 1.807) is 0 Å². The summed E-state index contributed by atoms with van der Waals surface area (Å²) in [5, 5.41) is 0. The zero-order valence-corrected chi connectivity index (χ0v) is 7.40. The summed E-state index contributed by atoms with van der Waals surface area (Å²) < 4.78 is 9.19. The first kappa shape index (κ1) is 8.16. The van der Waals surface area contributed by atoms with Crippen LogP contribution < -0.4 is 0 Å². The van der Waals surface area contributed by atoms with Crippen LogP contribution in [0.25, 0.3) is 0 Å². The van der Waals surface area contributed by atoms with Gasteiger partial charge in [-0.2, -0.15) is 0 Å². The van der Waals surface area contributed by atoms with Crippen molar-refractivity contribution in [3.05, 3.63) is 34.4 Å². The molecule has 2 aliphatic rings. The highest BCUT2D eigenvalue weighted by Gasteiger charge is 2.34. The highest BCUT2D eigenvalue weighted by atomic mass is 16.6. The third-order valence-electron chi connectivity index (χ3n) is 2.45. The van der Waals surface area contributed by atoms with E-state index < -0.39 is 17.9 Å². The molecule has 1 aromatic rings. The van der Waals surface area contributed by atoms with Gasteiger partial charge in [0.2, 0.25) is 0 Å². The van der Waals surface area contributed by atoms with Gasteiger partial charge in [-0.1, -0.05) is 0 Å². The minimum absolute atomic E-state index is 0.137. The lowest BCUT2D eigenvalue weighted by molar-refractivity contribution is 0.0443. The highest BCUT2D eigenvalue weighted by molar-refractivity contribution is 6.16. The number of rotatable bonds is 0. The summed E-state index contributed by atoms with van der Waals surface area (Å²) in [6.07, 6.45) is 0. The summed E-state index contributed by atoms with van der Waals surface area (Å²) >= 11 is 0. The average Bonchev–Trinajstić information content (AvgIpc) is 2.70. The molecule has 2 aliphatic heterocycles. The van der Waals surface area contributed by atoms with Crippen molar-refractivity contribution in [2.24, 2.45) is 0 Å². The second kappa shape index (κ2) is 2.44. The topological polar surface area (TPSA) is 69.7 Å². The minimum atomic E-state index is -0.711. The molecule has 0 aromatic heterocycles. The maximum absolute atomic E-state index is 11.2. The third-order valence-corrected chi connectivity index (χ3v) is 2.45. The molecule has 0 saturated carbocycles. The van der Waals surface area contributed by atoms with Crippen molar-refractivity contribution < 1.29 is 23.9 Å². The van der Waals surface area contributed by atoms with Crippen LogP contribution in [-0.4, -0.2) is 17.9 Å². The van der Waals surface area contributed by atoms with E-state index in [-0.39, 0.29) is 17.7 Å². The second-order valence-corrected chi connectivity index (χ2v) is 3.31. The predicted molar refractivity (Wildman–Crippen MR) is 45.3 cm³/mol. The molecule has 0 spiro atoms. The monoisotopic (exact) mass is 204 g/mol. The first-order valence-corrected chi connectivity index (χ1v) is 4.27. The molecular formula is C10H4O5. The van der Waals surface area contributed by atoms with Crippen LogP contribution in [0.3, 0.4) is 0 Å². The summed E-state index contributed by atoms with van der Waals surface area (Å²) in [5.41, 5.74) is 1.29. The normalized spacial score (nSPS) is 17.2. The first-order chi connectivity index (χ1) is 7.16. The SMILES string of the molecule is O=C1OCc2cc3c(cc21)C(=O)OC3=O. The van der Waals surface area contributed by atoms with Gasteiger partial charge >= 0.3 is 17.9 Å². The number of hydrogen-bond acceptors (Lipinski definition) is 5. The van der Waals surface area contributed by atoms with E-state index in [4.69, 9.17) is 4.74 Å². The van der Waals surface area contributed by atoms with Gasteiger partial charge in [-0.25, -0.2) is 14.4 Å². The van der Waals surface area contributed by atoms with E-state index in [2.05, 4.69) is 4.74 Å². The molecule has 0 unspecified atom stereocenters. The fraction of sp³-hybridized carbons (Fsp3) is 0.100. The standard InChI is InChI=1S/C10H4O5/c11-8-5-2-7-6(1-4(5)3-14-8)9(12)15-10(7)13/h1-2H,3H2. The summed E-state index contributed by atoms with van der Waals surface area (Å²) in [7, 11) is 0. The van der Waals surface area contributed by atoms with Crippen LogP contribution in [0.5, 0.6) is 0 Å². The Morgan fingerprint density at radius 2 is 1.53 bits per heavy atom. The molecule has 74 valence electrons. The maximum atomic E-state index is 11.2. The minimum Gasteiger partial charge on any atom is -0.457 e. The number of carbonyl (C=O) groups is 3. The van der Waals surface area contributed by atoms with Crippen LogP contribution in [0.4, 0.5) is 0 Å². The van der Waals surface area contributed by atoms with Gasteiger partial charge in [0.05, 0.1) is 16.7 Å². The van der Waals surface area contributed by atoms with Gasteiger partial charge in [-0.3, -0.25) is 0 Å². The van der Waals surface area contributed by atoms with Crippen LogP contribution in [0.2, 0.25) is 0 Å². The van der Waals surface area contributed by atoms with E-state index in [0.717, 1.165) is 0 Å². The number of esters is 3. The van der Waals surface area contributed by atoms with Crippen LogP contribution in [0.15, 0.2) is 12.1 Å². The van der Waals surface area contributed by atoms with Crippen molar-refractivity contribution in [2.75, 3.05) is 0 Å². The molecule has 5 nitrogen and oxygen atoms in total. The van der Waals surface area contributed by atoms with E-state index in [0.29, 0.717) is 11.1 Å². The van der Waals surface area contributed by atoms with E-state index in [9.17, 15) is 14.4 Å². The van der Waals surface area contributed by atoms with Crippen LogP contribution in [0, 0.1) is 0 Å². The molecule has 0 atom stereocenters. The molecule has 2 heterocycles. The van der Waals surface area contributed by atoms with Crippen molar-refractivity contribution in [1.29, 1.82) is 0 Å². The molecule has 0 N–H and O–H groups in total. The van der Waals surface area contributed by atoms with Crippen molar-refractivity contribution in [2.45, 2.75) is 6.61 Å². The zero-order valence-electron chi connectivity index (χ0n) is 7.40. The Bertz CT molecular complexity index is 529. The first-order valence-electron chi connectivity index (χ1n) is 4.27. The molecule has 1 aromatic carbocycles. The van der Waals surface area contributed by atoms with Gasteiger partial charge < -0.3 is 9.47 Å². The summed E-state index contributed by atoms with van der Waals surface area (Å²) in [5.74, 6) is -1.85. The molecule has 15 heavy (non-hydrogen) atoms. The van der Waals surface area contributed by atoms with Crippen LogP contribution >= 0.6 is 0 Å². The Hall–Kier alpha value is -2.17. The second-order valence-electron chi connectivity index (χ2n) is 3.31. The van der Waals surface area contributed by atoms with Crippen LogP contribution in [-0.2, 0) is 16.1 Å². The fourth-order valence-corrected chi connectivity index (χ4v) is 1.71. The molecule has 0 saturated heterocycles. The summed E-state index contributed by atoms with van der Waals surface area (Å²) in [6, 6.07) is 2.83. The van der Waals surface area contributed by atoms with Crippen molar-refractivity contribution in [3.63, 3.8) is 0 Å². The molecule has 0 aliphatic carbocycles. The number of benzene rings is 1. The lowest BCUT2D eigenvalue weighted by atomic mass is 10.0. The number of fused-ring (bicyclic) bond motifs is 2. The molecule has 5 heteroatoms. The predicted octanol–water partition coefficient (Wildman–Crippen LogP) is 0.668. The van der Waals surface area contributed by atoms with Gasteiger partial charge in [0.15, 0.2) is 0 Å². The molecule has 3 rings (SSSR count). The van der Waals surface area contributed by atoms with Gasteiger partial charge in [0, 0.05) is 5.56 Å². The quantitative estimate of drug-likeness (QED) is 0.458. The maximum Gasteiger partial charge on any atom is 0.346 e. The Kier molecular flexibility index (Phi) is 1.33. The van der Waals surface area contributed by atoms with E-state index in [1.165, 1.54) is 12.1 Å². The van der Waals surface area contributed by atoms with Crippen molar-refractivity contribution in [3.8, 4) is 0 Å². The number of carbonyl (C=O) groups excluding carboxylic acids is 3. The van der Waals surface area contributed by atoms with Crippen molar-refractivity contribution in [1.82, 2.24) is 0 Å². The molecule has 0 bridgehead atoms. The van der Waals surface area contributed by atoms with Gasteiger partial charge in [-0.05, 0) is 12.1 Å². The largest absolute Gasteiger partial charge is 0.457 e. The van der Waals surface area contributed by atoms with Gasteiger partial charge in [0.25, 0.3) is 0 Å². The number of ether oxygens (including phenoxy) is 2. The lowest BCUT2D eigenvalue weighted by Gasteiger charge is -1.95. The lowest BCUT2D eigenvalue weighted by Crippen LogP contribution is -1.98. The summed E-state index contributed by atoms with van der Waals surface area (Å²) in [6.45, 7) is 0.142. The molecular weight excluding hydrogens is 200 g/mol. The Balaban J connectivity index is 2.29. The smallest absolute Gasteiger partial charge is 0.346 e. The molecule has 0 fully saturated rings. The van der Waals surface area contributed by atoms with E-state index in [1.807, 2.05) is 0 Å². The Morgan fingerprint density at radius 3 is 2.27 bits per heavy atom. The number of hydrogen-bond donors (Lipinski definition) is 0. The van der Waals surface area contributed by atoms with E-state index >= 15 is 0 Å². The Morgan fingerprint density at radius 1 is 0.867 bits per heavy atom. The number of cyclic esters (lactones) is 3. The average molecular weight is 204 g/mol. The third kappa shape index (κ3) is 0.942. The zero-order chi connectivity index (χ0) is 10.6. The Labute approximate surface area is 83.6 Å². The molecule has 0 amide bonds. The van der Waals surface area contributed by atoms with Gasteiger partial charge in [-0.15, -0.1) is 0 Å². The summed E-state index contributed by atoms with van der Waals surface area (Å²) in [4.78, 5) is 33.6. The van der Waals surface area contributed by atoms with Crippen LogP contribution in [0.1, 0.15) is 36.6 Å². The highest BCUT2D eigenvalue weighted by Crippen LogP contribution is 2.28. The van der Waals surface area contributed by atoms with Crippen molar-refractivity contribution >= 4 is 17.9 Å². The molecule has 0 radical (unpaired) electrons. The fourth-order valence-electron chi connectivity index (χ4n) is 1.71. The van der Waals surface area contributed by atoms with Gasteiger partial charge in [0.1, 0.15) is 6.61 Å².